The predicted molar refractivity (Wildman–Crippen MR) is 51.9 cm³/mol. The summed E-state index contributed by atoms with van der Waals surface area (Å²) in [6.07, 6.45) is 0. The molecule has 0 rings (SSSR count). The zero-order valence-electron chi connectivity index (χ0n) is 8.73. The average molecular weight is 221 g/mol. The molecule has 0 heterocycles. The van der Waals surface area contributed by atoms with Crippen molar-refractivity contribution in [1.29, 1.82) is 5.26 Å². The second-order valence-corrected chi connectivity index (χ2v) is 4.38. The molecule has 5 nitrogen and oxygen atoms in total. The number of hydrogen-bond acceptors (Lipinski definition) is 5. The number of rotatable bonds is 7. The Morgan fingerprint density at radius 3 is 2.00 bits per heavy atom. The van der Waals surface area contributed by atoms with Gasteiger partial charge in [-0.05, 0) is 20.8 Å². The van der Waals surface area contributed by atoms with Crippen molar-refractivity contribution in [2.45, 2.75) is 26.6 Å². The van der Waals surface area contributed by atoms with Gasteiger partial charge in [0.1, 0.15) is 6.07 Å². The molecule has 0 fully saturated rings. The highest BCUT2D eigenvalue weighted by Crippen LogP contribution is 2.53. The fraction of sp³-hybridized carbons (Fsp3) is 0.875. The molecule has 0 amide bonds. The van der Waals surface area contributed by atoms with Crippen LogP contribution in [-0.4, -0.2) is 25.7 Å². The minimum Gasteiger partial charge on any atom is -0.352 e. The fourth-order valence-electron chi connectivity index (χ4n) is 0.890. The maximum atomic E-state index is 11.9. The van der Waals surface area contributed by atoms with Crippen molar-refractivity contribution in [2.24, 2.45) is 0 Å². The van der Waals surface area contributed by atoms with Crippen LogP contribution in [0.4, 0.5) is 0 Å². The van der Waals surface area contributed by atoms with Gasteiger partial charge in [-0.3, -0.25) is 4.57 Å². The van der Waals surface area contributed by atoms with Gasteiger partial charge in [0, 0.05) is 6.61 Å². The zero-order valence-corrected chi connectivity index (χ0v) is 9.62. The summed E-state index contributed by atoms with van der Waals surface area (Å²) in [5.41, 5.74) is 0. The largest absolute Gasteiger partial charge is 0.373 e. The average Bonchev–Trinajstić information content (AvgIpc) is 2.14. The summed E-state index contributed by atoms with van der Waals surface area (Å²) in [7, 11) is -3.43. The molecule has 0 aromatic carbocycles. The second-order valence-electron chi connectivity index (χ2n) is 2.31. The van der Waals surface area contributed by atoms with E-state index in [-0.39, 0.29) is 13.2 Å². The molecule has 0 aromatic heterocycles. The highest BCUT2D eigenvalue weighted by Gasteiger charge is 2.36. The molecule has 6 heteroatoms. The van der Waals surface area contributed by atoms with E-state index in [9.17, 15) is 4.57 Å². The van der Waals surface area contributed by atoms with E-state index < -0.39 is 13.4 Å². The third-order valence-electron chi connectivity index (χ3n) is 1.34. The molecule has 0 aliphatic rings. The number of nitriles is 1. The third kappa shape index (κ3) is 3.77. The lowest BCUT2D eigenvalue weighted by atomic mass is 10.8. The van der Waals surface area contributed by atoms with Crippen LogP contribution in [0.15, 0.2) is 0 Å². The van der Waals surface area contributed by atoms with Gasteiger partial charge in [0.25, 0.3) is 0 Å². The van der Waals surface area contributed by atoms with E-state index in [2.05, 4.69) is 0 Å². The van der Waals surface area contributed by atoms with E-state index in [4.69, 9.17) is 19.0 Å². The number of ether oxygens (including phenoxy) is 1. The van der Waals surface area contributed by atoms with E-state index in [1.54, 1.807) is 26.8 Å². The van der Waals surface area contributed by atoms with Crippen LogP contribution in [0, 0.1) is 11.3 Å². The molecule has 0 aliphatic carbocycles. The van der Waals surface area contributed by atoms with Crippen LogP contribution >= 0.6 is 7.60 Å². The molecule has 14 heavy (non-hydrogen) atoms. The molecule has 1 unspecified atom stereocenters. The molecule has 1 atom stereocenters. The van der Waals surface area contributed by atoms with E-state index in [0.717, 1.165) is 0 Å². The molecule has 0 aliphatic heterocycles. The molecule has 0 saturated heterocycles. The quantitative estimate of drug-likeness (QED) is 0.616. The van der Waals surface area contributed by atoms with Gasteiger partial charge < -0.3 is 13.8 Å². The first-order chi connectivity index (χ1) is 6.64. The van der Waals surface area contributed by atoms with E-state index >= 15 is 0 Å². The summed E-state index contributed by atoms with van der Waals surface area (Å²) in [4.78, 5) is 0. The first-order valence-electron chi connectivity index (χ1n) is 4.54. The van der Waals surface area contributed by atoms with Crippen LogP contribution in [-0.2, 0) is 18.3 Å². The molecule has 0 N–H and O–H groups in total. The Hall–Kier alpha value is -0.400. The molecule has 82 valence electrons. The molecule has 0 saturated carbocycles. The van der Waals surface area contributed by atoms with Crippen LogP contribution in [0.3, 0.4) is 0 Å². The summed E-state index contributed by atoms with van der Waals surface area (Å²) < 4.78 is 26.9. The molecule has 0 radical (unpaired) electrons. The monoisotopic (exact) mass is 221 g/mol. The van der Waals surface area contributed by atoms with Crippen LogP contribution < -0.4 is 0 Å². The van der Waals surface area contributed by atoms with Gasteiger partial charge >= 0.3 is 7.60 Å². The number of hydrogen-bond donors (Lipinski definition) is 0. The van der Waals surface area contributed by atoms with Gasteiger partial charge in [-0.25, -0.2) is 0 Å². The first kappa shape index (κ1) is 13.6. The normalized spacial score (nSPS) is 13.6. The van der Waals surface area contributed by atoms with E-state index in [1.807, 2.05) is 0 Å². The van der Waals surface area contributed by atoms with Gasteiger partial charge in [-0.1, -0.05) is 0 Å². The molecule has 0 spiro atoms. The van der Waals surface area contributed by atoms with Crippen LogP contribution in [0.1, 0.15) is 20.8 Å². The third-order valence-corrected chi connectivity index (χ3v) is 3.42. The zero-order chi connectivity index (χ0) is 11.0. The Bertz CT molecular complexity index is 228. The minimum absolute atomic E-state index is 0.225. The summed E-state index contributed by atoms with van der Waals surface area (Å²) in [6, 6.07) is 1.78. The lowest BCUT2D eigenvalue weighted by Gasteiger charge is -2.20. The summed E-state index contributed by atoms with van der Waals surface area (Å²) in [6.45, 7) is 5.83. The lowest BCUT2D eigenvalue weighted by molar-refractivity contribution is 0.107. The van der Waals surface area contributed by atoms with E-state index in [0.29, 0.717) is 6.61 Å². The highest BCUT2D eigenvalue weighted by molar-refractivity contribution is 7.54. The van der Waals surface area contributed by atoms with Crippen LogP contribution in [0.2, 0.25) is 0 Å². The fourth-order valence-corrected chi connectivity index (χ4v) is 2.43. The van der Waals surface area contributed by atoms with Crippen LogP contribution in [0.5, 0.6) is 0 Å². The topological polar surface area (TPSA) is 68.5 Å². The smallest absolute Gasteiger partial charge is 0.352 e. The van der Waals surface area contributed by atoms with Crippen molar-refractivity contribution in [3.8, 4) is 6.07 Å². The van der Waals surface area contributed by atoms with Gasteiger partial charge in [0.15, 0.2) is 0 Å². The first-order valence-corrected chi connectivity index (χ1v) is 6.15. The summed E-state index contributed by atoms with van der Waals surface area (Å²) in [5, 5.41) is 8.74. The Balaban J connectivity index is 4.60. The molecular formula is C8H16NO4P. The Morgan fingerprint density at radius 2 is 1.71 bits per heavy atom. The Labute approximate surface area is 84.5 Å². The van der Waals surface area contributed by atoms with Crippen molar-refractivity contribution in [3.05, 3.63) is 0 Å². The van der Waals surface area contributed by atoms with Crippen molar-refractivity contribution in [1.82, 2.24) is 0 Å². The van der Waals surface area contributed by atoms with Crippen molar-refractivity contribution < 1.29 is 18.3 Å². The second kappa shape index (κ2) is 6.97. The molecule has 0 aromatic rings. The van der Waals surface area contributed by atoms with Crippen molar-refractivity contribution in [3.63, 3.8) is 0 Å². The van der Waals surface area contributed by atoms with Gasteiger partial charge in [0.2, 0.25) is 5.85 Å². The van der Waals surface area contributed by atoms with Crippen LogP contribution in [0.25, 0.3) is 0 Å². The maximum Gasteiger partial charge on any atom is 0.373 e. The lowest BCUT2D eigenvalue weighted by Crippen LogP contribution is -2.15. The number of nitrogens with zero attached hydrogens (tertiary/aromatic N) is 1. The minimum atomic E-state index is -3.43. The van der Waals surface area contributed by atoms with E-state index in [1.165, 1.54) is 0 Å². The summed E-state index contributed by atoms with van der Waals surface area (Å²) in [5.74, 6) is -1.13. The predicted octanol–water partition coefficient (Wildman–Crippen LogP) is 2.14. The van der Waals surface area contributed by atoms with Gasteiger partial charge in [0.05, 0.1) is 13.2 Å². The SMILES string of the molecule is CCOC(C#N)P(=O)(OCC)OCC. The standard InChI is InChI=1S/C8H16NO4P/c1-4-11-8(7-9)14(10,12-5-2)13-6-3/h8H,4-6H2,1-3H3. The van der Waals surface area contributed by atoms with Gasteiger partial charge in [-0.15, -0.1) is 0 Å². The maximum absolute atomic E-state index is 11.9. The highest BCUT2D eigenvalue weighted by atomic mass is 31.2. The molecule has 0 bridgehead atoms. The Kier molecular flexibility index (Phi) is 6.77. The molecular weight excluding hydrogens is 205 g/mol. The Morgan fingerprint density at radius 1 is 1.21 bits per heavy atom. The van der Waals surface area contributed by atoms with Crippen molar-refractivity contribution >= 4 is 7.60 Å². The van der Waals surface area contributed by atoms with Gasteiger partial charge in [-0.2, -0.15) is 5.26 Å². The summed E-state index contributed by atoms with van der Waals surface area (Å²) >= 11 is 0. The van der Waals surface area contributed by atoms with Crippen molar-refractivity contribution in [2.75, 3.05) is 19.8 Å².